The molecular weight excluding hydrogens is 240 g/mol. The summed E-state index contributed by atoms with van der Waals surface area (Å²) in [6, 6.07) is 5.73. The van der Waals surface area contributed by atoms with Crippen LogP contribution in [-0.2, 0) is 4.79 Å². The number of nitrogens with zero attached hydrogens (tertiary/aromatic N) is 1. The Morgan fingerprint density at radius 1 is 1.47 bits per heavy atom. The van der Waals surface area contributed by atoms with Crippen LogP contribution in [0.5, 0.6) is 0 Å². The quantitative estimate of drug-likeness (QED) is 0.784. The highest BCUT2D eigenvalue weighted by molar-refractivity contribution is 5.93. The van der Waals surface area contributed by atoms with Gasteiger partial charge in [-0.3, -0.25) is 9.89 Å². The second-order valence-corrected chi connectivity index (χ2v) is 5.45. The van der Waals surface area contributed by atoms with E-state index in [1.807, 2.05) is 18.2 Å². The molecule has 1 heterocycles. The zero-order valence-electron chi connectivity index (χ0n) is 10.8. The number of rotatable bonds is 4. The van der Waals surface area contributed by atoms with Gasteiger partial charge in [-0.1, -0.05) is 6.42 Å². The number of anilines is 1. The summed E-state index contributed by atoms with van der Waals surface area (Å²) in [5.74, 6) is 0.0454. The maximum atomic E-state index is 12.1. The van der Waals surface area contributed by atoms with E-state index in [0.29, 0.717) is 13.0 Å². The first-order valence-corrected chi connectivity index (χ1v) is 6.64. The highest BCUT2D eigenvalue weighted by atomic mass is 16.1. The lowest BCUT2D eigenvalue weighted by atomic mass is 9.66. The summed E-state index contributed by atoms with van der Waals surface area (Å²) < 4.78 is 0. The number of benzene rings is 1. The minimum Gasteiger partial charge on any atom is -0.330 e. The van der Waals surface area contributed by atoms with Crippen LogP contribution in [0.25, 0.3) is 10.9 Å². The van der Waals surface area contributed by atoms with Crippen molar-refractivity contribution >= 4 is 22.5 Å². The van der Waals surface area contributed by atoms with Gasteiger partial charge in [0.25, 0.3) is 0 Å². The van der Waals surface area contributed by atoms with Gasteiger partial charge in [-0.25, -0.2) is 0 Å². The Morgan fingerprint density at radius 2 is 2.32 bits per heavy atom. The van der Waals surface area contributed by atoms with Gasteiger partial charge in [0.05, 0.1) is 11.7 Å². The van der Waals surface area contributed by atoms with Crippen LogP contribution in [-0.4, -0.2) is 22.6 Å². The molecule has 1 aliphatic carbocycles. The normalized spacial score (nSPS) is 17.1. The van der Waals surface area contributed by atoms with Gasteiger partial charge >= 0.3 is 0 Å². The van der Waals surface area contributed by atoms with Crippen molar-refractivity contribution in [3.05, 3.63) is 24.4 Å². The molecule has 1 saturated carbocycles. The van der Waals surface area contributed by atoms with Crippen LogP contribution in [0.1, 0.15) is 25.7 Å². The number of carbonyl (C=O) groups is 1. The van der Waals surface area contributed by atoms with Gasteiger partial charge in [-0.05, 0) is 43.0 Å². The molecule has 0 bridgehead atoms. The Labute approximate surface area is 111 Å². The van der Waals surface area contributed by atoms with Crippen molar-refractivity contribution in [1.29, 1.82) is 0 Å². The van der Waals surface area contributed by atoms with E-state index in [2.05, 4.69) is 15.5 Å². The zero-order chi connectivity index (χ0) is 13.3. The monoisotopic (exact) mass is 258 g/mol. The molecule has 1 aromatic carbocycles. The van der Waals surface area contributed by atoms with E-state index in [9.17, 15) is 4.79 Å². The van der Waals surface area contributed by atoms with Crippen LogP contribution >= 0.6 is 0 Å². The minimum absolute atomic E-state index is 0.0438. The summed E-state index contributed by atoms with van der Waals surface area (Å²) in [5.41, 5.74) is 7.55. The van der Waals surface area contributed by atoms with Crippen molar-refractivity contribution in [1.82, 2.24) is 10.2 Å². The molecule has 100 valence electrons. The maximum Gasteiger partial charge on any atom is 0.224 e. The fourth-order valence-corrected chi connectivity index (χ4v) is 2.69. The number of aromatic amines is 1. The number of amides is 1. The van der Waals surface area contributed by atoms with E-state index in [0.717, 1.165) is 29.4 Å². The number of fused-ring (bicyclic) bond motifs is 1. The van der Waals surface area contributed by atoms with Crippen LogP contribution in [0, 0.1) is 5.41 Å². The predicted octanol–water partition coefficient (Wildman–Crippen LogP) is 2.02. The number of aromatic nitrogens is 2. The standard InChI is InChI=1S/C14H18N4O/c15-9-14(4-1-5-14)7-13(19)17-11-3-2-10-8-16-18-12(10)6-11/h2-3,6,8H,1,4-5,7,9,15H2,(H,16,18)(H,17,19). The van der Waals surface area contributed by atoms with E-state index in [4.69, 9.17) is 5.73 Å². The highest BCUT2D eigenvalue weighted by Gasteiger charge is 2.37. The van der Waals surface area contributed by atoms with Crippen molar-refractivity contribution < 1.29 is 4.79 Å². The second kappa shape index (κ2) is 4.66. The SMILES string of the molecule is NCC1(CC(=O)Nc2ccc3cn[nH]c3c2)CCC1. The van der Waals surface area contributed by atoms with E-state index in [-0.39, 0.29) is 11.3 Å². The summed E-state index contributed by atoms with van der Waals surface area (Å²) in [4.78, 5) is 12.1. The molecule has 1 fully saturated rings. The molecule has 5 nitrogen and oxygen atoms in total. The van der Waals surface area contributed by atoms with Crippen molar-refractivity contribution in [2.24, 2.45) is 11.1 Å². The first-order chi connectivity index (χ1) is 9.21. The lowest BCUT2D eigenvalue weighted by Crippen LogP contribution is -2.40. The summed E-state index contributed by atoms with van der Waals surface area (Å²) in [6.07, 6.45) is 5.60. The molecular formula is C14H18N4O. The molecule has 5 heteroatoms. The summed E-state index contributed by atoms with van der Waals surface area (Å²) in [5, 5.41) is 10.8. The molecule has 0 radical (unpaired) electrons. The number of nitrogens with one attached hydrogen (secondary N) is 2. The Kier molecular flexibility index (Phi) is 2.98. The Bertz CT molecular complexity index is 595. The number of nitrogens with two attached hydrogens (primary N) is 1. The van der Waals surface area contributed by atoms with Crippen LogP contribution in [0.2, 0.25) is 0 Å². The molecule has 1 aromatic heterocycles. The van der Waals surface area contributed by atoms with Crippen molar-refractivity contribution in [3.63, 3.8) is 0 Å². The van der Waals surface area contributed by atoms with Gasteiger partial charge in [-0.2, -0.15) is 5.10 Å². The van der Waals surface area contributed by atoms with Gasteiger partial charge in [0.15, 0.2) is 0 Å². The van der Waals surface area contributed by atoms with Crippen LogP contribution < -0.4 is 11.1 Å². The molecule has 2 aromatic rings. The lowest BCUT2D eigenvalue weighted by Gasteiger charge is -2.40. The predicted molar refractivity (Wildman–Crippen MR) is 74.7 cm³/mol. The highest BCUT2D eigenvalue weighted by Crippen LogP contribution is 2.43. The third-order valence-corrected chi connectivity index (χ3v) is 4.11. The smallest absolute Gasteiger partial charge is 0.224 e. The van der Waals surface area contributed by atoms with E-state index >= 15 is 0 Å². The van der Waals surface area contributed by atoms with Crippen molar-refractivity contribution in [3.8, 4) is 0 Å². The third-order valence-electron chi connectivity index (χ3n) is 4.11. The fraction of sp³-hybridized carbons (Fsp3) is 0.429. The number of carbonyl (C=O) groups excluding carboxylic acids is 1. The van der Waals surface area contributed by atoms with E-state index in [1.54, 1.807) is 6.20 Å². The molecule has 1 amide bonds. The number of hydrogen-bond donors (Lipinski definition) is 3. The number of hydrogen-bond acceptors (Lipinski definition) is 3. The van der Waals surface area contributed by atoms with Crippen molar-refractivity contribution in [2.45, 2.75) is 25.7 Å². The zero-order valence-corrected chi connectivity index (χ0v) is 10.8. The van der Waals surface area contributed by atoms with Crippen molar-refractivity contribution in [2.75, 3.05) is 11.9 Å². The van der Waals surface area contributed by atoms with Crippen LogP contribution in [0.15, 0.2) is 24.4 Å². The summed E-state index contributed by atoms with van der Waals surface area (Å²) in [7, 11) is 0. The third kappa shape index (κ3) is 2.33. The average Bonchev–Trinajstić information content (AvgIpc) is 2.81. The molecule has 19 heavy (non-hydrogen) atoms. The number of H-pyrrole nitrogens is 1. The first-order valence-electron chi connectivity index (χ1n) is 6.64. The Morgan fingerprint density at radius 3 is 3.00 bits per heavy atom. The van der Waals surface area contributed by atoms with Crippen LogP contribution in [0.3, 0.4) is 0 Å². The lowest BCUT2D eigenvalue weighted by molar-refractivity contribution is -0.119. The maximum absolute atomic E-state index is 12.1. The molecule has 0 aliphatic heterocycles. The molecule has 3 rings (SSSR count). The minimum atomic E-state index is 0.0438. The summed E-state index contributed by atoms with van der Waals surface area (Å²) in [6.45, 7) is 0.597. The molecule has 0 unspecified atom stereocenters. The largest absolute Gasteiger partial charge is 0.330 e. The first kappa shape index (κ1) is 12.2. The topological polar surface area (TPSA) is 83.8 Å². The van der Waals surface area contributed by atoms with Crippen LogP contribution in [0.4, 0.5) is 5.69 Å². The van der Waals surface area contributed by atoms with E-state index < -0.39 is 0 Å². The molecule has 1 aliphatic rings. The Hall–Kier alpha value is -1.88. The van der Waals surface area contributed by atoms with Gasteiger partial charge in [0, 0.05) is 17.5 Å². The molecule has 0 saturated heterocycles. The fourth-order valence-electron chi connectivity index (χ4n) is 2.69. The Balaban J connectivity index is 1.68. The molecule has 0 spiro atoms. The summed E-state index contributed by atoms with van der Waals surface area (Å²) >= 11 is 0. The van der Waals surface area contributed by atoms with Gasteiger partial charge in [0.2, 0.25) is 5.91 Å². The second-order valence-electron chi connectivity index (χ2n) is 5.45. The van der Waals surface area contributed by atoms with Gasteiger partial charge in [-0.15, -0.1) is 0 Å². The molecule has 0 atom stereocenters. The van der Waals surface area contributed by atoms with E-state index in [1.165, 1.54) is 6.42 Å². The van der Waals surface area contributed by atoms with Gasteiger partial charge < -0.3 is 11.1 Å². The average molecular weight is 258 g/mol. The van der Waals surface area contributed by atoms with Gasteiger partial charge in [0.1, 0.15) is 0 Å². The molecule has 4 N–H and O–H groups in total.